The van der Waals surface area contributed by atoms with E-state index in [1.54, 1.807) is 0 Å². The molecule has 1 aromatic carbocycles. The van der Waals surface area contributed by atoms with Crippen LogP contribution in [0.3, 0.4) is 0 Å². The van der Waals surface area contributed by atoms with E-state index >= 15 is 0 Å². The monoisotopic (exact) mass is 293 g/mol. The zero-order valence-corrected chi connectivity index (χ0v) is 10.4. The lowest BCUT2D eigenvalue weighted by atomic mass is 10.3. The Morgan fingerprint density at radius 2 is 1.87 bits per heavy atom. The molecular formula is C9H12BrNO3S. The summed E-state index contributed by atoms with van der Waals surface area (Å²) in [6, 6.07) is 7.56. The van der Waals surface area contributed by atoms with Crippen LogP contribution in [0, 0.1) is 0 Å². The zero-order valence-electron chi connectivity index (χ0n) is 7.98. The van der Waals surface area contributed by atoms with Gasteiger partial charge in [-0.2, -0.15) is 8.42 Å². The van der Waals surface area contributed by atoms with Crippen molar-refractivity contribution in [1.29, 1.82) is 0 Å². The van der Waals surface area contributed by atoms with Gasteiger partial charge >= 0.3 is 0 Å². The molecular weight excluding hydrogens is 282 g/mol. The van der Waals surface area contributed by atoms with E-state index in [2.05, 4.69) is 21.2 Å². The van der Waals surface area contributed by atoms with Crippen LogP contribution in [0.5, 0.6) is 0 Å². The highest BCUT2D eigenvalue weighted by Crippen LogP contribution is 2.13. The van der Waals surface area contributed by atoms with Gasteiger partial charge in [0.15, 0.2) is 0 Å². The molecule has 0 aliphatic rings. The summed E-state index contributed by atoms with van der Waals surface area (Å²) >= 11 is 3.31. The molecule has 0 unspecified atom stereocenters. The normalized spacial score (nSPS) is 11.3. The van der Waals surface area contributed by atoms with E-state index in [0.29, 0.717) is 13.0 Å². The van der Waals surface area contributed by atoms with Gasteiger partial charge < -0.3 is 5.32 Å². The van der Waals surface area contributed by atoms with Crippen molar-refractivity contribution in [2.75, 3.05) is 17.6 Å². The van der Waals surface area contributed by atoms with Gasteiger partial charge in [0.25, 0.3) is 10.1 Å². The molecule has 84 valence electrons. The third kappa shape index (κ3) is 5.76. The van der Waals surface area contributed by atoms with Gasteiger partial charge in [0.1, 0.15) is 0 Å². The van der Waals surface area contributed by atoms with E-state index in [1.807, 2.05) is 24.3 Å². The van der Waals surface area contributed by atoms with Crippen molar-refractivity contribution in [2.24, 2.45) is 0 Å². The van der Waals surface area contributed by atoms with Gasteiger partial charge in [-0.3, -0.25) is 4.55 Å². The fourth-order valence-corrected chi connectivity index (χ4v) is 1.83. The minimum atomic E-state index is -3.83. The van der Waals surface area contributed by atoms with Crippen LogP contribution in [0.4, 0.5) is 5.69 Å². The van der Waals surface area contributed by atoms with Gasteiger partial charge in [-0.1, -0.05) is 15.9 Å². The molecule has 0 radical (unpaired) electrons. The molecule has 0 fully saturated rings. The summed E-state index contributed by atoms with van der Waals surface area (Å²) in [5.41, 5.74) is 0.925. The Hall–Kier alpha value is -0.590. The minimum Gasteiger partial charge on any atom is -0.385 e. The van der Waals surface area contributed by atoms with Crippen molar-refractivity contribution < 1.29 is 13.0 Å². The maximum atomic E-state index is 10.4. The molecule has 0 aliphatic carbocycles. The quantitative estimate of drug-likeness (QED) is 0.645. The number of halogens is 1. The summed E-state index contributed by atoms with van der Waals surface area (Å²) in [6.45, 7) is 0.515. The number of nitrogens with one attached hydrogen (secondary N) is 1. The summed E-state index contributed by atoms with van der Waals surface area (Å²) in [4.78, 5) is 0. The first-order valence-electron chi connectivity index (χ1n) is 4.42. The molecule has 0 aliphatic heterocycles. The molecule has 1 rings (SSSR count). The van der Waals surface area contributed by atoms with Crippen LogP contribution >= 0.6 is 15.9 Å². The van der Waals surface area contributed by atoms with Gasteiger partial charge in [0.05, 0.1) is 5.75 Å². The maximum absolute atomic E-state index is 10.4. The van der Waals surface area contributed by atoms with Crippen molar-refractivity contribution in [3.05, 3.63) is 28.7 Å². The summed E-state index contributed by atoms with van der Waals surface area (Å²) in [6.07, 6.45) is 0.384. The number of hydrogen-bond acceptors (Lipinski definition) is 3. The van der Waals surface area contributed by atoms with Crippen molar-refractivity contribution in [3.63, 3.8) is 0 Å². The van der Waals surface area contributed by atoms with Crippen LogP contribution in [0.25, 0.3) is 0 Å². The second-order valence-electron chi connectivity index (χ2n) is 3.07. The van der Waals surface area contributed by atoms with E-state index in [1.165, 1.54) is 0 Å². The third-order valence-electron chi connectivity index (χ3n) is 1.75. The Morgan fingerprint density at radius 1 is 1.27 bits per heavy atom. The van der Waals surface area contributed by atoms with Crippen LogP contribution in [0.15, 0.2) is 28.7 Å². The maximum Gasteiger partial charge on any atom is 0.264 e. The Kier molecular flexibility index (Phi) is 4.56. The smallest absolute Gasteiger partial charge is 0.264 e. The molecule has 0 amide bonds. The van der Waals surface area contributed by atoms with Gasteiger partial charge in [0.2, 0.25) is 0 Å². The molecule has 0 spiro atoms. The molecule has 4 nitrogen and oxygen atoms in total. The van der Waals surface area contributed by atoms with E-state index in [-0.39, 0.29) is 5.75 Å². The largest absolute Gasteiger partial charge is 0.385 e. The summed E-state index contributed by atoms with van der Waals surface area (Å²) in [7, 11) is -3.83. The minimum absolute atomic E-state index is 0.212. The SMILES string of the molecule is O=S(=O)(O)CCCNc1ccc(Br)cc1. The van der Waals surface area contributed by atoms with Gasteiger partial charge in [0, 0.05) is 16.7 Å². The van der Waals surface area contributed by atoms with Crippen LogP contribution in [0.1, 0.15) is 6.42 Å². The fraction of sp³-hybridized carbons (Fsp3) is 0.333. The van der Waals surface area contributed by atoms with Gasteiger partial charge in [-0.05, 0) is 30.7 Å². The van der Waals surface area contributed by atoms with Crippen LogP contribution in [-0.2, 0) is 10.1 Å². The van der Waals surface area contributed by atoms with Crippen LogP contribution < -0.4 is 5.32 Å². The van der Waals surface area contributed by atoms with E-state index in [4.69, 9.17) is 4.55 Å². The first-order chi connectivity index (χ1) is 6.97. The molecule has 1 aromatic rings. The molecule has 2 N–H and O–H groups in total. The molecule has 0 bridgehead atoms. The molecule has 15 heavy (non-hydrogen) atoms. The van der Waals surface area contributed by atoms with Crippen molar-refractivity contribution in [2.45, 2.75) is 6.42 Å². The van der Waals surface area contributed by atoms with Gasteiger partial charge in [-0.15, -0.1) is 0 Å². The molecule has 0 saturated carbocycles. The number of hydrogen-bond donors (Lipinski definition) is 2. The summed E-state index contributed by atoms with van der Waals surface area (Å²) in [5, 5.41) is 3.05. The van der Waals surface area contributed by atoms with E-state index in [9.17, 15) is 8.42 Å². The Bertz CT molecular complexity index is 402. The average Bonchev–Trinajstić information content (AvgIpc) is 2.14. The van der Waals surface area contributed by atoms with Crippen LogP contribution in [0.2, 0.25) is 0 Å². The van der Waals surface area contributed by atoms with Crippen molar-refractivity contribution in [1.82, 2.24) is 0 Å². The molecule has 0 aromatic heterocycles. The van der Waals surface area contributed by atoms with Crippen LogP contribution in [-0.4, -0.2) is 25.3 Å². The van der Waals surface area contributed by atoms with E-state index in [0.717, 1.165) is 10.2 Å². The highest BCUT2D eigenvalue weighted by molar-refractivity contribution is 9.10. The predicted molar refractivity (Wildman–Crippen MR) is 63.7 cm³/mol. The number of benzene rings is 1. The Balaban J connectivity index is 2.29. The molecule has 6 heteroatoms. The van der Waals surface area contributed by atoms with E-state index < -0.39 is 10.1 Å². The topological polar surface area (TPSA) is 66.4 Å². The van der Waals surface area contributed by atoms with Crippen molar-refractivity contribution >= 4 is 31.7 Å². The van der Waals surface area contributed by atoms with Crippen molar-refractivity contribution in [3.8, 4) is 0 Å². The summed E-state index contributed by atoms with van der Waals surface area (Å²) in [5.74, 6) is -0.212. The van der Waals surface area contributed by atoms with Gasteiger partial charge in [-0.25, -0.2) is 0 Å². The lowest BCUT2D eigenvalue weighted by molar-refractivity contribution is 0.481. The molecule has 0 saturated heterocycles. The highest BCUT2D eigenvalue weighted by atomic mass is 79.9. The lowest BCUT2D eigenvalue weighted by Crippen LogP contribution is -2.10. The standard InChI is InChI=1S/C9H12BrNO3S/c10-8-2-4-9(5-3-8)11-6-1-7-15(12,13)14/h2-5,11H,1,6-7H2,(H,12,13,14). The fourth-order valence-electron chi connectivity index (χ4n) is 1.06. The Morgan fingerprint density at radius 3 is 2.40 bits per heavy atom. The first kappa shape index (κ1) is 12.5. The predicted octanol–water partition coefficient (Wildman–Crippen LogP) is 2.14. The lowest BCUT2D eigenvalue weighted by Gasteiger charge is -2.05. The highest BCUT2D eigenvalue weighted by Gasteiger charge is 2.02. The molecule has 0 heterocycles. The number of anilines is 1. The second-order valence-corrected chi connectivity index (χ2v) is 5.56. The summed E-state index contributed by atoms with van der Waals surface area (Å²) < 4.78 is 30.3. The second kappa shape index (κ2) is 5.48. The third-order valence-corrected chi connectivity index (χ3v) is 3.09. The Labute approximate surface area is 97.6 Å². The molecule has 0 atom stereocenters. The average molecular weight is 294 g/mol. The number of rotatable bonds is 5. The first-order valence-corrected chi connectivity index (χ1v) is 6.82. The zero-order chi connectivity index (χ0) is 11.3.